The molecule has 0 saturated carbocycles. The molecule has 3 heterocycles. The minimum atomic E-state index is -0.283. The zero-order valence-electron chi connectivity index (χ0n) is 14.0. The number of hydrogen-bond acceptors (Lipinski definition) is 6. The van der Waals surface area contributed by atoms with Crippen molar-refractivity contribution in [2.24, 2.45) is 0 Å². The van der Waals surface area contributed by atoms with Gasteiger partial charge < -0.3 is 9.80 Å². The predicted octanol–water partition coefficient (Wildman–Crippen LogP) is 1.23. The number of nitrogens with zero attached hydrogens (tertiary/aromatic N) is 4. The number of piperazine rings is 1. The van der Waals surface area contributed by atoms with Crippen LogP contribution in [0.5, 0.6) is 0 Å². The van der Waals surface area contributed by atoms with Gasteiger partial charge >= 0.3 is 0 Å². The molecule has 7 nitrogen and oxygen atoms in total. The monoisotopic (exact) mass is 376 g/mol. The molecule has 0 spiro atoms. The molecule has 2 aromatic rings. The summed E-state index contributed by atoms with van der Waals surface area (Å²) in [5.41, 5.74) is 0.760. The first-order chi connectivity index (χ1) is 12.5. The van der Waals surface area contributed by atoms with Gasteiger partial charge in [0.2, 0.25) is 17.7 Å². The molecule has 0 atom stereocenters. The average molecular weight is 376 g/mol. The van der Waals surface area contributed by atoms with Crippen LogP contribution >= 0.6 is 11.3 Å². The van der Waals surface area contributed by atoms with Crippen LogP contribution in [0.3, 0.4) is 0 Å². The van der Waals surface area contributed by atoms with Gasteiger partial charge in [0.15, 0.2) is 5.13 Å². The number of fused-ring (bicyclic) bond motifs is 1. The molecule has 0 radical (unpaired) electrons. The van der Waals surface area contributed by atoms with E-state index in [9.17, 15) is 18.8 Å². The molecule has 0 aliphatic carbocycles. The number of benzene rings is 1. The largest absolute Gasteiger partial charge is 0.345 e. The number of amides is 3. The highest BCUT2D eigenvalue weighted by Gasteiger charge is 2.32. The van der Waals surface area contributed by atoms with E-state index in [2.05, 4.69) is 9.88 Å². The first-order valence-corrected chi connectivity index (χ1v) is 9.25. The summed E-state index contributed by atoms with van der Waals surface area (Å²) in [6, 6.07) is 4.53. The Hall–Kier alpha value is -2.55. The Morgan fingerprint density at radius 2 is 1.81 bits per heavy atom. The van der Waals surface area contributed by atoms with Gasteiger partial charge in [-0.05, 0) is 18.2 Å². The van der Waals surface area contributed by atoms with Crippen LogP contribution in [0.1, 0.15) is 12.8 Å². The SMILES string of the molecule is O=C(CN1C(=O)CCC1=O)N1CCN(c2nc3ccc(F)cc3s2)CC1. The first-order valence-electron chi connectivity index (χ1n) is 8.43. The van der Waals surface area contributed by atoms with Crippen molar-refractivity contribution in [1.29, 1.82) is 0 Å². The Morgan fingerprint density at radius 1 is 1.12 bits per heavy atom. The van der Waals surface area contributed by atoms with E-state index in [1.807, 2.05) is 0 Å². The van der Waals surface area contributed by atoms with Crippen molar-refractivity contribution < 1.29 is 18.8 Å². The van der Waals surface area contributed by atoms with Crippen molar-refractivity contribution in [3.05, 3.63) is 24.0 Å². The molecule has 2 fully saturated rings. The minimum Gasteiger partial charge on any atom is -0.345 e. The molecule has 1 aromatic heterocycles. The van der Waals surface area contributed by atoms with Crippen molar-refractivity contribution in [2.45, 2.75) is 12.8 Å². The molecule has 4 rings (SSSR count). The highest BCUT2D eigenvalue weighted by molar-refractivity contribution is 7.22. The van der Waals surface area contributed by atoms with E-state index in [1.54, 1.807) is 11.0 Å². The Kier molecular flexibility index (Phi) is 4.31. The number of imide groups is 1. The third kappa shape index (κ3) is 3.14. The molecule has 3 amide bonds. The van der Waals surface area contributed by atoms with Gasteiger partial charge in [-0.2, -0.15) is 0 Å². The fourth-order valence-corrected chi connectivity index (χ4v) is 4.25. The van der Waals surface area contributed by atoms with Gasteiger partial charge in [-0.25, -0.2) is 9.37 Å². The number of thiazole rings is 1. The Bertz CT molecular complexity index is 875. The van der Waals surface area contributed by atoms with Gasteiger partial charge in [-0.1, -0.05) is 11.3 Å². The third-order valence-electron chi connectivity index (χ3n) is 4.69. The highest BCUT2D eigenvalue weighted by Crippen LogP contribution is 2.29. The summed E-state index contributed by atoms with van der Waals surface area (Å²) in [4.78, 5) is 45.0. The number of likely N-dealkylation sites (tertiary alicyclic amines) is 1. The molecule has 0 N–H and O–H groups in total. The van der Waals surface area contributed by atoms with Gasteiger partial charge in [0.25, 0.3) is 0 Å². The molecule has 2 aliphatic rings. The van der Waals surface area contributed by atoms with E-state index in [4.69, 9.17) is 0 Å². The molecular formula is C17H17FN4O3S. The minimum absolute atomic E-state index is 0.169. The van der Waals surface area contributed by atoms with E-state index in [0.29, 0.717) is 26.2 Å². The van der Waals surface area contributed by atoms with Crippen LogP contribution in [0.4, 0.5) is 9.52 Å². The fraction of sp³-hybridized carbons (Fsp3) is 0.412. The summed E-state index contributed by atoms with van der Waals surface area (Å²) in [5, 5.41) is 0.808. The van der Waals surface area contributed by atoms with E-state index < -0.39 is 0 Å². The van der Waals surface area contributed by atoms with Crippen LogP contribution in [0.15, 0.2) is 18.2 Å². The van der Waals surface area contributed by atoms with Gasteiger partial charge in [-0.15, -0.1) is 0 Å². The van der Waals surface area contributed by atoms with Gasteiger partial charge in [0.05, 0.1) is 10.2 Å². The van der Waals surface area contributed by atoms with Gasteiger partial charge in [0, 0.05) is 39.0 Å². The van der Waals surface area contributed by atoms with Crippen LogP contribution in [0.25, 0.3) is 10.2 Å². The van der Waals surface area contributed by atoms with Crippen LogP contribution in [0.2, 0.25) is 0 Å². The molecule has 0 bridgehead atoms. The number of carbonyl (C=O) groups is 3. The lowest BCUT2D eigenvalue weighted by molar-refractivity contribution is -0.145. The maximum Gasteiger partial charge on any atom is 0.242 e. The van der Waals surface area contributed by atoms with Crippen molar-refractivity contribution in [3.8, 4) is 0 Å². The van der Waals surface area contributed by atoms with E-state index >= 15 is 0 Å². The van der Waals surface area contributed by atoms with E-state index in [-0.39, 0.29) is 42.9 Å². The molecule has 0 unspecified atom stereocenters. The van der Waals surface area contributed by atoms with Crippen LogP contribution in [-0.4, -0.2) is 65.2 Å². The molecule has 9 heteroatoms. The maximum atomic E-state index is 13.3. The van der Waals surface area contributed by atoms with Crippen molar-refractivity contribution in [1.82, 2.24) is 14.8 Å². The lowest BCUT2D eigenvalue weighted by Crippen LogP contribution is -2.51. The first kappa shape index (κ1) is 16.9. The molecule has 1 aromatic carbocycles. The molecule has 26 heavy (non-hydrogen) atoms. The lowest BCUT2D eigenvalue weighted by atomic mass is 10.3. The normalized spacial score (nSPS) is 18.3. The zero-order chi connectivity index (χ0) is 18.3. The Balaban J connectivity index is 1.38. The van der Waals surface area contributed by atoms with Gasteiger partial charge in [0.1, 0.15) is 12.4 Å². The molecule has 136 valence electrons. The smallest absolute Gasteiger partial charge is 0.242 e. The topological polar surface area (TPSA) is 73.8 Å². The number of carbonyl (C=O) groups excluding carboxylic acids is 3. The molecule has 2 aliphatic heterocycles. The Labute approximate surface area is 153 Å². The van der Waals surface area contributed by atoms with Crippen LogP contribution in [-0.2, 0) is 14.4 Å². The quantitative estimate of drug-likeness (QED) is 0.754. The Morgan fingerprint density at radius 3 is 2.50 bits per heavy atom. The van der Waals surface area contributed by atoms with Crippen LogP contribution < -0.4 is 4.90 Å². The highest BCUT2D eigenvalue weighted by atomic mass is 32.1. The molecule has 2 saturated heterocycles. The number of halogens is 1. The second-order valence-corrected chi connectivity index (χ2v) is 7.36. The van der Waals surface area contributed by atoms with E-state index in [1.165, 1.54) is 23.5 Å². The second kappa shape index (κ2) is 6.64. The summed E-state index contributed by atoms with van der Waals surface area (Å²) >= 11 is 1.43. The summed E-state index contributed by atoms with van der Waals surface area (Å²) < 4.78 is 14.1. The average Bonchev–Trinajstić information content (AvgIpc) is 3.19. The van der Waals surface area contributed by atoms with Crippen molar-refractivity contribution in [2.75, 3.05) is 37.6 Å². The zero-order valence-corrected chi connectivity index (χ0v) is 14.8. The predicted molar refractivity (Wildman–Crippen MR) is 94.3 cm³/mol. The van der Waals surface area contributed by atoms with Crippen LogP contribution in [0, 0.1) is 5.82 Å². The summed E-state index contributed by atoms with van der Waals surface area (Å²) in [6.45, 7) is 2.04. The number of rotatable bonds is 3. The van der Waals surface area contributed by atoms with Gasteiger partial charge in [-0.3, -0.25) is 19.3 Å². The second-order valence-electron chi connectivity index (χ2n) is 6.35. The number of anilines is 1. The fourth-order valence-electron chi connectivity index (χ4n) is 3.20. The standard InChI is InChI=1S/C17H17FN4O3S/c18-11-1-2-12-13(9-11)26-17(19-12)21-7-5-20(6-8-21)16(25)10-22-14(23)3-4-15(22)24/h1-2,9H,3-8,10H2. The maximum absolute atomic E-state index is 13.3. The number of aromatic nitrogens is 1. The summed E-state index contributed by atoms with van der Waals surface area (Å²) in [5.74, 6) is -1.04. The lowest BCUT2D eigenvalue weighted by Gasteiger charge is -2.35. The summed E-state index contributed by atoms with van der Waals surface area (Å²) in [7, 11) is 0. The van der Waals surface area contributed by atoms with Crippen molar-refractivity contribution in [3.63, 3.8) is 0 Å². The third-order valence-corrected chi connectivity index (χ3v) is 5.77. The van der Waals surface area contributed by atoms with Crippen molar-refractivity contribution >= 4 is 44.4 Å². The summed E-state index contributed by atoms with van der Waals surface area (Å²) in [6.07, 6.45) is 0.385. The molecular weight excluding hydrogens is 359 g/mol. The number of hydrogen-bond donors (Lipinski definition) is 0. The van der Waals surface area contributed by atoms with E-state index in [0.717, 1.165) is 20.2 Å².